The van der Waals surface area contributed by atoms with Gasteiger partial charge in [0.15, 0.2) is 5.78 Å². The van der Waals surface area contributed by atoms with E-state index in [0.29, 0.717) is 18.3 Å². The second-order valence-electron chi connectivity index (χ2n) is 11.8. The van der Waals surface area contributed by atoms with Crippen LogP contribution in [0, 0.1) is 36.0 Å². The van der Waals surface area contributed by atoms with Crippen LogP contribution in [0.3, 0.4) is 0 Å². The van der Waals surface area contributed by atoms with Crippen molar-refractivity contribution in [2.45, 2.75) is 77.2 Å². The molecule has 3 nitrogen and oxygen atoms in total. The molecule has 0 aliphatic heterocycles. The molecule has 0 amide bonds. The summed E-state index contributed by atoms with van der Waals surface area (Å²) < 4.78 is 6.12. The van der Waals surface area contributed by atoms with Gasteiger partial charge in [-0.15, -0.1) is 5.92 Å². The highest BCUT2D eigenvalue weighted by atomic mass is 16.5. The van der Waals surface area contributed by atoms with E-state index in [-0.39, 0.29) is 17.1 Å². The van der Waals surface area contributed by atoms with Crippen molar-refractivity contribution in [3.8, 4) is 23.3 Å². The van der Waals surface area contributed by atoms with Gasteiger partial charge in [-0.25, -0.2) is 0 Å². The van der Waals surface area contributed by atoms with Crippen molar-refractivity contribution in [3.63, 3.8) is 0 Å². The minimum Gasteiger partial charge on any atom is -0.457 e. The van der Waals surface area contributed by atoms with E-state index in [1.807, 2.05) is 25.1 Å². The molecule has 3 heteroatoms. The van der Waals surface area contributed by atoms with Crippen molar-refractivity contribution in [1.29, 1.82) is 0 Å². The highest BCUT2D eigenvalue weighted by Crippen LogP contribution is 2.66. The SMILES string of the molecule is CC#CC1(O)CCC2C3CCC4=CC(=O)CCC4=C3C(c3ccc(Oc4ccc(C)cc4)cc3)CC21C. The minimum absolute atomic E-state index is 0.204. The van der Waals surface area contributed by atoms with E-state index in [2.05, 4.69) is 62.1 Å². The zero-order valence-electron chi connectivity index (χ0n) is 22.1. The normalized spacial score (nSPS) is 32.5. The number of ketones is 1. The van der Waals surface area contributed by atoms with Crippen molar-refractivity contribution in [1.82, 2.24) is 0 Å². The summed E-state index contributed by atoms with van der Waals surface area (Å²) in [4.78, 5) is 12.3. The molecular weight excluding hydrogens is 456 g/mol. The average molecular weight is 493 g/mol. The molecule has 5 unspecified atom stereocenters. The number of allylic oxidation sites excluding steroid dienone is 4. The Kier molecular flexibility index (Phi) is 5.92. The Morgan fingerprint density at radius 2 is 1.68 bits per heavy atom. The number of aryl methyl sites for hydroxylation is 1. The zero-order chi connectivity index (χ0) is 25.8. The predicted molar refractivity (Wildman–Crippen MR) is 146 cm³/mol. The molecule has 1 N–H and O–H groups in total. The Morgan fingerprint density at radius 3 is 2.38 bits per heavy atom. The second kappa shape index (κ2) is 9.03. The number of hydrogen-bond donors (Lipinski definition) is 1. The van der Waals surface area contributed by atoms with Crippen LogP contribution in [0.25, 0.3) is 0 Å². The van der Waals surface area contributed by atoms with Crippen molar-refractivity contribution in [2.24, 2.45) is 17.3 Å². The molecule has 190 valence electrons. The van der Waals surface area contributed by atoms with Crippen LogP contribution in [0.4, 0.5) is 0 Å². The quantitative estimate of drug-likeness (QED) is 0.453. The van der Waals surface area contributed by atoms with Gasteiger partial charge < -0.3 is 9.84 Å². The first-order valence-corrected chi connectivity index (χ1v) is 13.8. The van der Waals surface area contributed by atoms with Crippen LogP contribution in [-0.4, -0.2) is 16.5 Å². The lowest BCUT2D eigenvalue weighted by atomic mass is 9.51. The standard InChI is InChI=1S/C34H36O3/c1-4-18-34(36)19-17-31-29-15-9-24-20-25(35)10-16-28(24)32(29)30(21-33(31,34)3)23-7-13-27(14-8-23)37-26-11-5-22(2)6-12-26/h5-8,11-14,20,29-31,36H,9-10,15-17,19,21H2,1-3H3. The second-order valence-corrected chi connectivity index (χ2v) is 11.8. The van der Waals surface area contributed by atoms with E-state index >= 15 is 0 Å². The van der Waals surface area contributed by atoms with Gasteiger partial charge in [-0.3, -0.25) is 4.79 Å². The third-order valence-electron chi connectivity index (χ3n) is 9.76. The molecule has 6 rings (SSSR count). The first-order valence-electron chi connectivity index (χ1n) is 13.8. The molecule has 2 fully saturated rings. The van der Waals surface area contributed by atoms with Crippen LogP contribution in [0.5, 0.6) is 11.5 Å². The zero-order valence-corrected chi connectivity index (χ0v) is 22.1. The van der Waals surface area contributed by atoms with Gasteiger partial charge in [0.05, 0.1) is 0 Å². The molecule has 0 bridgehead atoms. The third kappa shape index (κ3) is 3.98. The highest BCUT2D eigenvalue weighted by Gasteiger charge is 2.62. The predicted octanol–water partition coefficient (Wildman–Crippen LogP) is 7.44. The van der Waals surface area contributed by atoms with E-state index in [1.54, 1.807) is 0 Å². The Balaban J connectivity index is 1.41. The number of fused-ring (bicyclic) bond motifs is 4. The average Bonchev–Trinajstić information content (AvgIpc) is 3.15. The molecule has 37 heavy (non-hydrogen) atoms. The number of hydrogen-bond acceptors (Lipinski definition) is 3. The van der Waals surface area contributed by atoms with Gasteiger partial charge in [-0.2, -0.15) is 0 Å². The van der Waals surface area contributed by atoms with Crippen molar-refractivity contribution < 1.29 is 14.6 Å². The molecule has 2 aromatic rings. The smallest absolute Gasteiger partial charge is 0.156 e. The van der Waals surface area contributed by atoms with Crippen LogP contribution < -0.4 is 4.74 Å². The third-order valence-corrected chi connectivity index (χ3v) is 9.76. The maximum absolute atomic E-state index is 12.3. The molecular formula is C34H36O3. The van der Waals surface area contributed by atoms with Gasteiger partial charge in [0.25, 0.3) is 0 Å². The van der Waals surface area contributed by atoms with E-state index < -0.39 is 5.60 Å². The van der Waals surface area contributed by atoms with Gasteiger partial charge in [-0.05, 0) is 111 Å². The van der Waals surface area contributed by atoms with Crippen molar-refractivity contribution in [2.75, 3.05) is 0 Å². The molecule has 0 saturated heterocycles. The summed E-state index contributed by atoms with van der Waals surface area (Å²) >= 11 is 0. The summed E-state index contributed by atoms with van der Waals surface area (Å²) in [5, 5.41) is 11.8. The molecule has 2 saturated carbocycles. The van der Waals surface area contributed by atoms with E-state index in [1.165, 1.54) is 27.8 Å². The van der Waals surface area contributed by atoms with Crippen LogP contribution in [-0.2, 0) is 4.79 Å². The van der Waals surface area contributed by atoms with Gasteiger partial charge in [0, 0.05) is 17.8 Å². The van der Waals surface area contributed by atoms with Gasteiger partial charge >= 0.3 is 0 Å². The Hall–Kier alpha value is -3.09. The summed E-state index contributed by atoms with van der Waals surface area (Å²) in [5.74, 6) is 9.26. The summed E-state index contributed by atoms with van der Waals surface area (Å²) in [7, 11) is 0. The first kappa shape index (κ1) is 24.3. The van der Waals surface area contributed by atoms with Crippen molar-refractivity contribution >= 4 is 5.78 Å². The fraction of sp³-hybridized carbons (Fsp3) is 0.441. The number of aliphatic hydroxyl groups is 1. The monoisotopic (exact) mass is 492 g/mol. The topological polar surface area (TPSA) is 46.5 Å². The lowest BCUT2D eigenvalue weighted by Crippen LogP contribution is -2.51. The van der Waals surface area contributed by atoms with Crippen LogP contribution in [0.2, 0.25) is 0 Å². The number of benzene rings is 2. The molecule has 0 heterocycles. The fourth-order valence-corrected chi connectivity index (χ4v) is 7.89. The number of rotatable bonds is 3. The van der Waals surface area contributed by atoms with Gasteiger partial charge in [0.2, 0.25) is 0 Å². The molecule has 0 spiro atoms. The minimum atomic E-state index is -0.950. The lowest BCUT2D eigenvalue weighted by molar-refractivity contribution is -0.114. The van der Waals surface area contributed by atoms with E-state index in [0.717, 1.165) is 50.0 Å². The van der Waals surface area contributed by atoms with E-state index in [4.69, 9.17) is 4.74 Å². The fourth-order valence-electron chi connectivity index (χ4n) is 7.89. The molecule has 0 radical (unpaired) electrons. The van der Waals surface area contributed by atoms with E-state index in [9.17, 15) is 9.90 Å². The summed E-state index contributed by atoms with van der Waals surface area (Å²) in [6.07, 6.45) is 8.02. The van der Waals surface area contributed by atoms with Crippen LogP contribution in [0.15, 0.2) is 71.3 Å². The summed E-state index contributed by atoms with van der Waals surface area (Å²) in [6, 6.07) is 16.7. The molecule has 0 aromatic heterocycles. The molecule has 4 aliphatic rings. The van der Waals surface area contributed by atoms with Crippen LogP contribution in [0.1, 0.15) is 75.8 Å². The largest absolute Gasteiger partial charge is 0.457 e. The molecule has 4 aliphatic carbocycles. The first-order chi connectivity index (χ1) is 17.8. The Bertz CT molecular complexity index is 1350. The Morgan fingerprint density at radius 1 is 0.973 bits per heavy atom. The highest BCUT2D eigenvalue weighted by molar-refractivity contribution is 5.93. The number of carbonyl (C=O) groups excluding carboxylic acids is 1. The number of carbonyl (C=O) groups is 1. The maximum atomic E-state index is 12.3. The van der Waals surface area contributed by atoms with Crippen molar-refractivity contribution in [3.05, 3.63) is 82.5 Å². The lowest BCUT2D eigenvalue weighted by Gasteiger charge is -2.53. The maximum Gasteiger partial charge on any atom is 0.156 e. The molecule has 2 aromatic carbocycles. The summed E-state index contributed by atoms with van der Waals surface area (Å²) in [6.45, 7) is 6.20. The van der Waals surface area contributed by atoms with Gasteiger partial charge in [-0.1, -0.05) is 48.2 Å². The number of ether oxygens (including phenoxy) is 1. The molecule has 5 atom stereocenters. The van der Waals surface area contributed by atoms with Crippen LogP contribution >= 0.6 is 0 Å². The van der Waals surface area contributed by atoms with Gasteiger partial charge in [0.1, 0.15) is 17.1 Å². The Labute approximate surface area is 220 Å². The summed E-state index contributed by atoms with van der Waals surface area (Å²) in [5.41, 5.74) is 5.48.